The monoisotopic (exact) mass is 556 g/mol. The molecule has 2 aliphatic heterocycles. The standard InChI is InChI=1S/C24H40N6O.HI/c1-3-26-24(30-12-9-21(10-13-30)19-23(31)25-2)27-11-14-28-15-17-29(18-16-28)20-22-7-5-4-6-8-22;/h4-8,21H,3,9-20H2,1-2H3,(H,25,31)(H,26,27);1H. The van der Waals surface area contributed by atoms with Gasteiger partial charge in [-0.25, -0.2) is 0 Å². The summed E-state index contributed by atoms with van der Waals surface area (Å²) in [5, 5.41) is 6.21. The van der Waals surface area contributed by atoms with Crippen molar-refractivity contribution in [1.82, 2.24) is 25.3 Å². The number of nitrogens with one attached hydrogen (secondary N) is 2. The molecule has 2 saturated heterocycles. The molecule has 3 rings (SSSR count). The van der Waals surface area contributed by atoms with Crippen LogP contribution in [0.4, 0.5) is 0 Å². The lowest BCUT2D eigenvalue weighted by molar-refractivity contribution is -0.121. The van der Waals surface area contributed by atoms with Gasteiger partial charge in [0.15, 0.2) is 5.96 Å². The number of hydrogen-bond donors (Lipinski definition) is 2. The van der Waals surface area contributed by atoms with Gasteiger partial charge >= 0.3 is 0 Å². The Labute approximate surface area is 211 Å². The van der Waals surface area contributed by atoms with Gasteiger partial charge in [-0.15, -0.1) is 24.0 Å². The molecule has 8 heteroatoms. The van der Waals surface area contributed by atoms with Crippen molar-refractivity contribution in [1.29, 1.82) is 0 Å². The van der Waals surface area contributed by atoms with E-state index in [0.29, 0.717) is 12.3 Å². The lowest BCUT2D eigenvalue weighted by Gasteiger charge is -2.35. The van der Waals surface area contributed by atoms with E-state index in [1.165, 1.54) is 5.56 Å². The number of piperazine rings is 1. The van der Waals surface area contributed by atoms with E-state index in [9.17, 15) is 4.79 Å². The lowest BCUT2D eigenvalue weighted by Crippen LogP contribution is -2.47. The van der Waals surface area contributed by atoms with Gasteiger partial charge in [-0.05, 0) is 31.2 Å². The van der Waals surface area contributed by atoms with Crippen LogP contribution in [-0.2, 0) is 11.3 Å². The molecular weight excluding hydrogens is 515 g/mol. The molecule has 0 aliphatic carbocycles. The van der Waals surface area contributed by atoms with Crippen LogP contribution in [0.5, 0.6) is 0 Å². The quantitative estimate of drug-likeness (QED) is 0.292. The van der Waals surface area contributed by atoms with Gasteiger partial charge in [0.25, 0.3) is 0 Å². The lowest BCUT2D eigenvalue weighted by atomic mass is 9.93. The van der Waals surface area contributed by atoms with Gasteiger partial charge < -0.3 is 15.5 Å². The Hall–Kier alpha value is -1.39. The number of carbonyl (C=O) groups excluding carboxylic acids is 1. The highest BCUT2D eigenvalue weighted by Gasteiger charge is 2.23. The van der Waals surface area contributed by atoms with Crippen molar-refractivity contribution in [2.45, 2.75) is 32.7 Å². The van der Waals surface area contributed by atoms with Crippen molar-refractivity contribution >= 4 is 35.8 Å². The van der Waals surface area contributed by atoms with Crippen LogP contribution in [0.2, 0.25) is 0 Å². The first-order chi connectivity index (χ1) is 15.2. The van der Waals surface area contributed by atoms with E-state index in [-0.39, 0.29) is 29.9 Å². The molecule has 0 aromatic heterocycles. The number of benzene rings is 1. The van der Waals surface area contributed by atoms with E-state index in [4.69, 9.17) is 4.99 Å². The summed E-state index contributed by atoms with van der Waals surface area (Å²) in [7, 11) is 1.72. The summed E-state index contributed by atoms with van der Waals surface area (Å²) >= 11 is 0. The molecular formula is C24H41IN6O. The second-order valence-corrected chi connectivity index (χ2v) is 8.65. The Morgan fingerprint density at radius 3 is 2.31 bits per heavy atom. The van der Waals surface area contributed by atoms with E-state index < -0.39 is 0 Å². The summed E-state index contributed by atoms with van der Waals surface area (Å²) in [5.41, 5.74) is 1.40. The van der Waals surface area contributed by atoms with Crippen molar-refractivity contribution in [3.63, 3.8) is 0 Å². The highest BCUT2D eigenvalue weighted by Crippen LogP contribution is 2.20. The molecule has 1 aromatic rings. The molecule has 2 aliphatic rings. The summed E-state index contributed by atoms with van der Waals surface area (Å²) in [6.45, 7) is 12.3. The zero-order valence-electron chi connectivity index (χ0n) is 19.8. The predicted octanol–water partition coefficient (Wildman–Crippen LogP) is 2.24. The number of aliphatic imine (C=N–C) groups is 1. The van der Waals surface area contributed by atoms with Gasteiger partial charge in [-0.3, -0.25) is 19.6 Å². The molecule has 0 spiro atoms. The smallest absolute Gasteiger partial charge is 0.220 e. The number of nitrogens with zero attached hydrogens (tertiary/aromatic N) is 4. The molecule has 0 saturated carbocycles. The summed E-state index contributed by atoms with van der Waals surface area (Å²) in [6.07, 6.45) is 2.76. The number of hydrogen-bond acceptors (Lipinski definition) is 4. The molecule has 180 valence electrons. The van der Waals surface area contributed by atoms with Crippen molar-refractivity contribution in [2.24, 2.45) is 10.9 Å². The minimum atomic E-state index is 0. The first-order valence-electron chi connectivity index (χ1n) is 11.9. The molecule has 0 atom stereocenters. The van der Waals surface area contributed by atoms with Crippen LogP contribution in [0.1, 0.15) is 31.7 Å². The Kier molecular flexibility index (Phi) is 12.3. The van der Waals surface area contributed by atoms with Crippen LogP contribution >= 0.6 is 24.0 Å². The van der Waals surface area contributed by atoms with Crippen LogP contribution in [0.3, 0.4) is 0 Å². The number of carbonyl (C=O) groups is 1. The number of piperidine rings is 1. The number of rotatable bonds is 8. The second kappa shape index (κ2) is 14.7. The highest BCUT2D eigenvalue weighted by molar-refractivity contribution is 14.0. The number of guanidine groups is 1. The average molecular weight is 557 g/mol. The second-order valence-electron chi connectivity index (χ2n) is 8.65. The SMILES string of the molecule is CCNC(=NCCN1CCN(Cc2ccccc2)CC1)N1CCC(CC(=O)NC)CC1.I. The minimum absolute atomic E-state index is 0. The van der Waals surface area contributed by atoms with Crippen LogP contribution in [-0.4, -0.2) is 92.5 Å². The molecule has 7 nitrogen and oxygen atoms in total. The van der Waals surface area contributed by atoms with E-state index in [1.54, 1.807) is 7.05 Å². The van der Waals surface area contributed by atoms with Gasteiger partial charge in [0.05, 0.1) is 6.54 Å². The van der Waals surface area contributed by atoms with Crippen molar-refractivity contribution < 1.29 is 4.79 Å². The fraction of sp³-hybridized carbons (Fsp3) is 0.667. The highest BCUT2D eigenvalue weighted by atomic mass is 127. The van der Waals surface area contributed by atoms with Crippen molar-refractivity contribution in [3.8, 4) is 0 Å². The van der Waals surface area contributed by atoms with Crippen LogP contribution in [0.15, 0.2) is 35.3 Å². The molecule has 1 amide bonds. The summed E-state index contributed by atoms with van der Waals surface area (Å²) < 4.78 is 0. The molecule has 32 heavy (non-hydrogen) atoms. The van der Waals surface area contributed by atoms with Gasteiger partial charge in [-0.2, -0.15) is 0 Å². The summed E-state index contributed by atoms with van der Waals surface area (Å²) in [6, 6.07) is 10.7. The van der Waals surface area contributed by atoms with Gasteiger partial charge in [0, 0.05) is 72.4 Å². The number of likely N-dealkylation sites (tertiary alicyclic amines) is 1. The molecule has 0 bridgehead atoms. The third-order valence-corrected chi connectivity index (χ3v) is 6.39. The number of halogens is 1. The van der Waals surface area contributed by atoms with Gasteiger partial charge in [-0.1, -0.05) is 30.3 Å². The first-order valence-corrected chi connectivity index (χ1v) is 11.9. The van der Waals surface area contributed by atoms with Gasteiger partial charge in [0.1, 0.15) is 0 Å². The van der Waals surface area contributed by atoms with E-state index in [1.807, 2.05) is 0 Å². The minimum Gasteiger partial charge on any atom is -0.359 e. The summed E-state index contributed by atoms with van der Waals surface area (Å²) in [5.74, 6) is 1.68. The van der Waals surface area contributed by atoms with E-state index >= 15 is 0 Å². The normalized spacial score (nSPS) is 18.8. The molecule has 2 fully saturated rings. The van der Waals surface area contributed by atoms with Crippen LogP contribution in [0.25, 0.3) is 0 Å². The maximum absolute atomic E-state index is 11.6. The fourth-order valence-corrected chi connectivity index (χ4v) is 4.45. The molecule has 1 aromatic carbocycles. The van der Waals surface area contributed by atoms with E-state index in [2.05, 4.69) is 62.6 Å². The van der Waals surface area contributed by atoms with Crippen LogP contribution in [0, 0.1) is 5.92 Å². The maximum Gasteiger partial charge on any atom is 0.220 e. The Bertz CT molecular complexity index is 685. The Balaban J connectivity index is 0.00000363. The zero-order valence-corrected chi connectivity index (χ0v) is 22.1. The molecule has 0 unspecified atom stereocenters. The van der Waals surface area contributed by atoms with Crippen molar-refractivity contribution in [2.75, 3.05) is 66.0 Å². The fourth-order valence-electron chi connectivity index (χ4n) is 4.45. The van der Waals surface area contributed by atoms with Crippen LogP contribution < -0.4 is 10.6 Å². The summed E-state index contributed by atoms with van der Waals surface area (Å²) in [4.78, 5) is 24.0. The van der Waals surface area contributed by atoms with E-state index in [0.717, 1.165) is 84.2 Å². The molecule has 2 N–H and O–H groups in total. The van der Waals surface area contributed by atoms with Gasteiger partial charge in [0.2, 0.25) is 5.91 Å². The largest absolute Gasteiger partial charge is 0.359 e. The topological polar surface area (TPSA) is 63.2 Å². The third-order valence-electron chi connectivity index (χ3n) is 6.39. The Morgan fingerprint density at radius 2 is 1.69 bits per heavy atom. The van der Waals surface area contributed by atoms with Crippen molar-refractivity contribution in [3.05, 3.63) is 35.9 Å². The zero-order chi connectivity index (χ0) is 21.9. The maximum atomic E-state index is 11.6. The average Bonchev–Trinajstić information content (AvgIpc) is 2.81. The first kappa shape index (κ1) is 26.9. The Morgan fingerprint density at radius 1 is 1.03 bits per heavy atom. The number of amides is 1. The molecule has 0 radical (unpaired) electrons. The third kappa shape index (κ3) is 8.86. The molecule has 2 heterocycles. The predicted molar refractivity (Wildman–Crippen MR) is 143 cm³/mol.